The maximum absolute atomic E-state index is 12.6. The SMILES string of the molecule is Cc1ccc(=O)n(CC(=O)N2CCC(c3cc4cccnc4c(=O)[nH]3)CC2)n1. The van der Waals surface area contributed by atoms with E-state index in [1.54, 1.807) is 24.1 Å². The fraction of sp³-hybridized carbons (Fsp3) is 0.350. The number of carbonyl (C=O) groups is 1. The molecule has 1 fully saturated rings. The molecular formula is C20H21N5O3. The lowest BCUT2D eigenvalue weighted by molar-refractivity contribution is -0.133. The fourth-order valence-electron chi connectivity index (χ4n) is 3.67. The fourth-order valence-corrected chi connectivity index (χ4v) is 3.67. The lowest BCUT2D eigenvalue weighted by Crippen LogP contribution is -2.41. The third-order valence-corrected chi connectivity index (χ3v) is 5.20. The van der Waals surface area contributed by atoms with Crippen LogP contribution in [0.4, 0.5) is 0 Å². The number of hydrogen-bond acceptors (Lipinski definition) is 5. The number of carbonyl (C=O) groups excluding carboxylic acids is 1. The van der Waals surface area contributed by atoms with Crippen LogP contribution in [0.2, 0.25) is 0 Å². The predicted octanol–water partition coefficient (Wildman–Crippen LogP) is 1.19. The second-order valence-electron chi connectivity index (χ2n) is 7.12. The monoisotopic (exact) mass is 379 g/mol. The first-order valence-corrected chi connectivity index (χ1v) is 9.32. The summed E-state index contributed by atoms with van der Waals surface area (Å²) in [6.07, 6.45) is 3.11. The summed E-state index contributed by atoms with van der Waals surface area (Å²) < 4.78 is 1.21. The van der Waals surface area contributed by atoms with E-state index in [0.29, 0.717) is 24.3 Å². The highest BCUT2D eigenvalue weighted by molar-refractivity contribution is 5.78. The first-order chi connectivity index (χ1) is 13.5. The minimum Gasteiger partial charge on any atom is -0.341 e. The van der Waals surface area contributed by atoms with Gasteiger partial charge in [0, 0.05) is 42.4 Å². The standard InChI is InChI=1S/C20H21N5O3/c1-13-4-5-17(26)25(23-13)12-18(27)24-9-6-14(7-10-24)16-11-15-3-2-8-21-19(15)20(28)22-16/h2-5,8,11,14H,6-7,9-10,12H2,1H3,(H,22,28). The maximum atomic E-state index is 12.6. The third-order valence-electron chi connectivity index (χ3n) is 5.20. The molecule has 8 nitrogen and oxygen atoms in total. The zero-order chi connectivity index (χ0) is 19.7. The number of likely N-dealkylation sites (tertiary alicyclic amines) is 1. The molecule has 1 aliphatic rings. The second-order valence-corrected chi connectivity index (χ2v) is 7.12. The van der Waals surface area contributed by atoms with Crippen molar-refractivity contribution in [1.82, 2.24) is 24.6 Å². The first kappa shape index (κ1) is 18.1. The van der Waals surface area contributed by atoms with Gasteiger partial charge in [0.15, 0.2) is 0 Å². The number of pyridine rings is 2. The van der Waals surface area contributed by atoms with Gasteiger partial charge in [-0.15, -0.1) is 0 Å². The molecule has 0 atom stereocenters. The molecule has 0 radical (unpaired) electrons. The van der Waals surface area contributed by atoms with Crippen LogP contribution < -0.4 is 11.1 Å². The molecule has 28 heavy (non-hydrogen) atoms. The number of aryl methyl sites for hydroxylation is 1. The Balaban J connectivity index is 1.44. The largest absolute Gasteiger partial charge is 0.341 e. The van der Waals surface area contributed by atoms with Crippen LogP contribution in [0.25, 0.3) is 10.9 Å². The summed E-state index contributed by atoms with van der Waals surface area (Å²) in [5.74, 6) is 0.0658. The van der Waals surface area contributed by atoms with E-state index in [2.05, 4.69) is 15.1 Å². The van der Waals surface area contributed by atoms with Crippen LogP contribution >= 0.6 is 0 Å². The molecule has 3 aromatic rings. The number of hydrogen-bond donors (Lipinski definition) is 1. The van der Waals surface area contributed by atoms with Crippen LogP contribution in [-0.4, -0.2) is 43.6 Å². The van der Waals surface area contributed by atoms with Gasteiger partial charge >= 0.3 is 0 Å². The minimum atomic E-state index is -0.281. The molecule has 1 aliphatic heterocycles. The van der Waals surface area contributed by atoms with Gasteiger partial charge in [0.2, 0.25) is 5.91 Å². The molecule has 0 aromatic carbocycles. The van der Waals surface area contributed by atoms with Gasteiger partial charge in [-0.05, 0) is 38.0 Å². The lowest BCUT2D eigenvalue weighted by atomic mass is 9.92. The quantitative estimate of drug-likeness (QED) is 0.737. The van der Waals surface area contributed by atoms with Gasteiger partial charge in [0.1, 0.15) is 12.1 Å². The molecule has 4 rings (SSSR count). The summed E-state index contributed by atoms with van der Waals surface area (Å²) in [6, 6.07) is 8.73. The van der Waals surface area contributed by atoms with Crippen LogP contribution in [0.3, 0.4) is 0 Å². The summed E-state index contributed by atoms with van der Waals surface area (Å²) >= 11 is 0. The number of amides is 1. The summed E-state index contributed by atoms with van der Waals surface area (Å²) in [7, 11) is 0. The van der Waals surface area contributed by atoms with Crippen molar-refractivity contribution in [2.45, 2.75) is 32.2 Å². The van der Waals surface area contributed by atoms with Crippen LogP contribution in [0.15, 0.2) is 46.1 Å². The van der Waals surface area contributed by atoms with Gasteiger partial charge in [-0.3, -0.25) is 19.4 Å². The molecule has 3 aromatic heterocycles. The zero-order valence-electron chi connectivity index (χ0n) is 15.6. The van der Waals surface area contributed by atoms with E-state index in [1.807, 2.05) is 18.2 Å². The van der Waals surface area contributed by atoms with E-state index in [9.17, 15) is 14.4 Å². The smallest absolute Gasteiger partial charge is 0.274 e. The third kappa shape index (κ3) is 3.58. The van der Waals surface area contributed by atoms with E-state index in [1.165, 1.54) is 10.7 Å². The topological polar surface area (TPSA) is 101 Å². The molecule has 1 saturated heterocycles. The van der Waals surface area contributed by atoms with Gasteiger partial charge in [-0.2, -0.15) is 5.10 Å². The summed E-state index contributed by atoms with van der Waals surface area (Å²) in [5, 5.41) is 4.94. The van der Waals surface area contributed by atoms with Gasteiger partial charge in [0.25, 0.3) is 11.1 Å². The van der Waals surface area contributed by atoms with Crippen LogP contribution in [0.1, 0.15) is 30.1 Å². The summed E-state index contributed by atoms with van der Waals surface area (Å²) in [4.78, 5) is 45.5. The van der Waals surface area contributed by atoms with Crippen molar-refractivity contribution in [2.75, 3.05) is 13.1 Å². The van der Waals surface area contributed by atoms with E-state index in [-0.39, 0.29) is 29.5 Å². The number of fused-ring (bicyclic) bond motifs is 1. The van der Waals surface area contributed by atoms with Crippen molar-refractivity contribution in [2.24, 2.45) is 0 Å². The average Bonchev–Trinajstić information content (AvgIpc) is 2.71. The molecule has 0 aliphatic carbocycles. The maximum Gasteiger partial charge on any atom is 0.274 e. The molecule has 0 bridgehead atoms. The van der Waals surface area contributed by atoms with Gasteiger partial charge in [-0.25, -0.2) is 4.68 Å². The van der Waals surface area contributed by atoms with Crippen LogP contribution in [-0.2, 0) is 11.3 Å². The Morgan fingerprint density at radius 2 is 2.00 bits per heavy atom. The van der Waals surface area contributed by atoms with Crippen molar-refractivity contribution in [3.8, 4) is 0 Å². The molecule has 4 heterocycles. The second kappa shape index (κ2) is 7.38. The number of H-pyrrole nitrogens is 1. The number of piperidine rings is 1. The predicted molar refractivity (Wildman–Crippen MR) is 104 cm³/mol. The van der Waals surface area contributed by atoms with Crippen LogP contribution in [0, 0.1) is 6.92 Å². The van der Waals surface area contributed by atoms with E-state index in [4.69, 9.17) is 0 Å². The van der Waals surface area contributed by atoms with Crippen molar-refractivity contribution in [3.63, 3.8) is 0 Å². The Hall–Kier alpha value is -3.29. The molecule has 1 amide bonds. The number of rotatable bonds is 3. The average molecular weight is 379 g/mol. The Kier molecular flexibility index (Phi) is 4.77. The van der Waals surface area contributed by atoms with E-state index in [0.717, 1.165) is 23.9 Å². The normalized spacial score (nSPS) is 15.1. The number of aromatic nitrogens is 4. The van der Waals surface area contributed by atoms with Gasteiger partial charge in [0.05, 0.1) is 5.69 Å². The molecule has 1 N–H and O–H groups in total. The lowest BCUT2D eigenvalue weighted by Gasteiger charge is -2.32. The number of aromatic amines is 1. The Labute approximate surface area is 160 Å². The first-order valence-electron chi connectivity index (χ1n) is 9.32. The molecule has 0 saturated carbocycles. The van der Waals surface area contributed by atoms with Crippen molar-refractivity contribution in [1.29, 1.82) is 0 Å². The van der Waals surface area contributed by atoms with Crippen molar-refractivity contribution in [3.05, 3.63) is 68.6 Å². The van der Waals surface area contributed by atoms with Gasteiger partial charge in [-0.1, -0.05) is 6.07 Å². The Morgan fingerprint density at radius 3 is 2.79 bits per heavy atom. The molecular weight excluding hydrogens is 358 g/mol. The highest BCUT2D eigenvalue weighted by atomic mass is 16.2. The molecule has 0 spiro atoms. The highest BCUT2D eigenvalue weighted by Crippen LogP contribution is 2.27. The Morgan fingerprint density at radius 1 is 1.21 bits per heavy atom. The van der Waals surface area contributed by atoms with E-state index < -0.39 is 0 Å². The van der Waals surface area contributed by atoms with E-state index >= 15 is 0 Å². The van der Waals surface area contributed by atoms with Crippen molar-refractivity contribution >= 4 is 16.8 Å². The molecule has 8 heteroatoms. The minimum absolute atomic E-state index is 0.0519. The molecule has 144 valence electrons. The summed E-state index contributed by atoms with van der Waals surface area (Å²) in [6.45, 7) is 2.89. The van der Waals surface area contributed by atoms with Crippen molar-refractivity contribution < 1.29 is 4.79 Å². The number of nitrogens with zero attached hydrogens (tertiary/aromatic N) is 4. The summed E-state index contributed by atoms with van der Waals surface area (Å²) in [5.41, 5.74) is 1.55. The highest BCUT2D eigenvalue weighted by Gasteiger charge is 2.25. The van der Waals surface area contributed by atoms with Crippen LogP contribution in [0.5, 0.6) is 0 Å². The van der Waals surface area contributed by atoms with Gasteiger partial charge < -0.3 is 9.88 Å². The zero-order valence-corrected chi connectivity index (χ0v) is 15.6. The Bertz CT molecular complexity index is 1140. The molecule has 0 unspecified atom stereocenters. The number of nitrogens with one attached hydrogen (secondary N) is 1.